The molecule has 0 aromatic heterocycles. The van der Waals surface area contributed by atoms with Crippen LogP contribution < -0.4 is 0 Å². The average Bonchev–Trinajstić information content (AvgIpc) is 1.64. The van der Waals surface area contributed by atoms with Gasteiger partial charge >= 0.3 is 10.9 Å². The smallest absolute Gasteiger partial charge is 0.390 e. The third kappa shape index (κ3) is 1.87. The van der Waals surface area contributed by atoms with E-state index in [1.165, 1.54) is 0 Å². The van der Waals surface area contributed by atoms with Crippen molar-refractivity contribution in [3.05, 3.63) is 10.1 Å². The highest BCUT2D eigenvalue weighted by Crippen LogP contribution is 1.97. The molecule has 0 aromatic carbocycles. The summed E-state index contributed by atoms with van der Waals surface area (Å²) in [7, 11) is 0. The molecule has 46 valence electrons. The highest BCUT2D eigenvalue weighted by atomic mass is 79.9. The van der Waals surface area contributed by atoms with Gasteiger partial charge in [0.2, 0.25) is 0 Å². The maximum Gasteiger partial charge on any atom is 0.390 e. The van der Waals surface area contributed by atoms with Gasteiger partial charge in [-0.25, -0.2) is 4.79 Å². The normalized spacial score (nSPS) is 12.6. The summed E-state index contributed by atoms with van der Waals surface area (Å²) in [6, 6.07) is 0. The Morgan fingerprint density at radius 1 is 1.88 bits per heavy atom. The molecule has 5 nitrogen and oxygen atoms in total. The molecule has 1 atom stereocenters. The third-order valence-corrected chi connectivity index (χ3v) is 1.11. The van der Waals surface area contributed by atoms with E-state index in [-0.39, 0.29) is 0 Å². The van der Waals surface area contributed by atoms with Crippen LogP contribution in [0, 0.1) is 10.1 Å². The van der Waals surface area contributed by atoms with E-state index in [1.54, 1.807) is 0 Å². The Morgan fingerprint density at radius 3 is 2.25 bits per heavy atom. The lowest BCUT2D eigenvalue weighted by molar-refractivity contribution is -0.482. The fourth-order valence-corrected chi connectivity index (χ4v) is 0.0902. The molecule has 0 bridgehead atoms. The van der Waals surface area contributed by atoms with E-state index in [2.05, 4.69) is 15.9 Å². The zero-order valence-corrected chi connectivity index (χ0v) is 5.16. The Hall–Kier alpha value is -0.650. The van der Waals surface area contributed by atoms with Crippen LogP contribution in [0.25, 0.3) is 0 Å². The summed E-state index contributed by atoms with van der Waals surface area (Å²) in [5.74, 6) is -1.49. The Bertz CT molecular complexity index is 109. The molecule has 0 radical (unpaired) electrons. The first-order valence-corrected chi connectivity index (χ1v) is 2.47. The van der Waals surface area contributed by atoms with Crippen molar-refractivity contribution >= 4 is 21.9 Å². The average molecular weight is 184 g/mol. The maximum absolute atomic E-state index is 9.65. The van der Waals surface area contributed by atoms with Crippen LogP contribution >= 0.6 is 15.9 Å². The number of alkyl halides is 1. The number of nitro groups is 1. The molecule has 1 N–H and O–H groups in total. The zero-order chi connectivity index (χ0) is 6.73. The van der Waals surface area contributed by atoms with E-state index in [0.717, 1.165) is 0 Å². The largest absolute Gasteiger partial charge is 0.475 e. The number of hydrogen-bond donors (Lipinski definition) is 1. The molecule has 0 fully saturated rings. The molecule has 8 heavy (non-hydrogen) atoms. The molecule has 0 heterocycles. The summed E-state index contributed by atoms with van der Waals surface area (Å²) in [4.78, 5) is 16.6. The SMILES string of the molecule is O=C(O)C(Br)[N+](=O)[O-]. The lowest BCUT2D eigenvalue weighted by Crippen LogP contribution is -2.21. The number of carbonyl (C=O) groups is 1. The van der Waals surface area contributed by atoms with Crippen LogP contribution in [-0.2, 0) is 4.79 Å². The van der Waals surface area contributed by atoms with Crippen LogP contribution in [0.5, 0.6) is 0 Å². The van der Waals surface area contributed by atoms with Crippen molar-refractivity contribution in [2.75, 3.05) is 0 Å². The number of nitrogens with zero attached hydrogens (tertiary/aromatic N) is 1. The van der Waals surface area contributed by atoms with Crippen molar-refractivity contribution in [1.82, 2.24) is 0 Å². The van der Waals surface area contributed by atoms with Crippen LogP contribution in [0.15, 0.2) is 0 Å². The van der Waals surface area contributed by atoms with Crippen molar-refractivity contribution < 1.29 is 14.8 Å². The lowest BCUT2D eigenvalue weighted by atomic mass is 10.7. The van der Waals surface area contributed by atoms with Crippen LogP contribution in [0.1, 0.15) is 0 Å². The highest BCUT2D eigenvalue weighted by molar-refractivity contribution is 9.09. The summed E-state index contributed by atoms with van der Waals surface area (Å²) in [5, 5.41) is 17.4. The number of halogens is 1. The van der Waals surface area contributed by atoms with Gasteiger partial charge in [-0.3, -0.25) is 10.1 Å². The minimum absolute atomic E-state index is 0.942. The lowest BCUT2D eigenvalue weighted by Gasteiger charge is -1.90. The molecule has 0 rings (SSSR count). The predicted molar refractivity (Wildman–Crippen MR) is 27.3 cm³/mol. The Morgan fingerprint density at radius 2 is 2.25 bits per heavy atom. The Labute approximate surface area is 52.6 Å². The van der Waals surface area contributed by atoms with Gasteiger partial charge in [0.15, 0.2) is 0 Å². The van der Waals surface area contributed by atoms with Crippen LogP contribution in [0.2, 0.25) is 0 Å². The van der Waals surface area contributed by atoms with Crippen molar-refractivity contribution in [2.45, 2.75) is 4.95 Å². The summed E-state index contributed by atoms with van der Waals surface area (Å²) >= 11 is 2.31. The molecule has 0 aliphatic heterocycles. The monoisotopic (exact) mass is 183 g/mol. The molecule has 0 amide bonds. The summed E-state index contributed by atoms with van der Waals surface area (Å²) in [6.07, 6.45) is 0. The van der Waals surface area contributed by atoms with Gasteiger partial charge in [-0.2, -0.15) is 0 Å². The molecule has 0 saturated heterocycles. The minimum atomic E-state index is -1.68. The molecule has 0 aliphatic carbocycles. The van der Waals surface area contributed by atoms with Gasteiger partial charge in [0.25, 0.3) is 0 Å². The van der Waals surface area contributed by atoms with Crippen LogP contribution in [0.3, 0.4) is 0 Å². The van der Waals surface area contributed by atoms with E-state index in [4.69, 9.17) is 5.11 Å². The first kappa shape index (κ1) is 7.35. The van der Waals surface area contributed by atoms with Gasteiger partial charge in [-0.15, -0.1) is 0 Å². The van der Waals surface area contributed by atoms with E-state index in [0.29, 0.717) is 0 Å². The summed E-state index contributed by atoms with van der Waals surface area (Å²) < 4.78 is 0. The quantitative estimate of drug-likeness (QED) is 0.285. The fraction of sp³-hybridized carbons (Fsp3) is 0.500. The summed E-state index contributed by atoms with van der Waals surface area (Å²) in [6.45, 7) is 0. The predicted octanol–water partition coefficient (Wildman–Crippen LogP) is 0.0687. The van der Waals surface area contributed by atoms with Crippen molar-refractivity contribution in [3.63, 3.8) is 0 Å². The third-order valence-electron chi connectivity index (χ3n) is 0.389. The molecule has 0 spiro atoms. The van der Waals surface area contributed by atoms with E-state index >= 15 is 0 Å². The van der Waals surface area contributed by atoms with Crippen LogP contribution in [-0.4, -0.2) is 21.0 Å². The van der Waals surface area contributed by atoms with Crippen LogP contribution in [0.4, 0.5) is 0 Å². The standard InChI is InChI=1S/C2H2BrNO4/c3-1(2(5)6)4(7)8/h1H,(H,5,6). The first-order valence-electron chi connectivity index (χ1n) is 1.56. The molecular weight excluding hydrogens is 182 g/mol. The van der Waals surface area contributed by atoms with Gasteiger partial charge < -0.3 is 5.11 Å². The van der Waals surface area contributed by atoms with Gasteiger partial charge in [0.1, 0.15) is 0 Å². The molecule has 0 aromatic rings. The first-order chi connectivity index (χ1) is 3.55. The van der Waals surface area contributed by atoms with Gasteiger partial charge in [-0.05, 0) is 0 Å². The molecule has 1 unspecified atom stereocenters. The number of aliphatic carboxylic acids is 1. The Balaban J connectivity index is 3.83. The van der Waals surface area contributed by atoms with Gasteiger partial charge in [-0.1, -0.05) is 0 Å². The van der Waals surface area contributed by atoms with E-state index < -0.39 is 15.8 Å². The maximum atomic E-state index is 9.65. The van der Waals surface area contributed by atoms with Gasteiger partial charge in [0, 0.05) is 20.9 Å². The van der Waals surface area contributed by atoms with Gasteiger partial charge in [0.05, 0.1) is 0 Å². The zero-order valence-electron chi connectivity index (χ0n) is 3.57. The second kappa shape index (κ2) is 2.61. The second-order valence-corrected chi connectivity index (χ2v) is 1.83. The molecular formula is C2H2BrNO4. The fourth-order valence-electron chi connectivity index (χ4n) is 0.0902. The van der Waals surface area contributed by atoms with Crippen molar-refractivity contribution in [1.29, 1.82) is 0 Å². The number of carboxylic acids is 1. The Kier molecular flexibility index (Phi) is 2.40. The van der Waals surface area contributed by atoms with Crippen molar-refractivity contribution in [2.24, 2.45) is 0 Å². The van der Waals surface area contributed by atoms with E-state index in [1.807, 2.05) is 0 Å². The molecule has 6 heteroatoms. The number of rotatable bonds is 2. The number of carboxylic acid groups (broad SMARTS) is 1. The minimum Gasteiger partial charge on any atom is -0.475 e. The highest BCUT2D eigenvalue weighted by Gasteiger charge is 2.23. The second-order valence-electron chi connectivity index (χ2n) is 0.959. The van der Waals surface area contributed by atoms with E-state index in [9.17, 15) is 14.9 Å². The van der Waals surface area contributed by atoms with Crippen molar-refractivity contribution in [3.8, 4) is 0 Å². The molecule has 0 aliphatic rings. The molecule has 0 saturated carbocycles. The summed E-state index contributed by atoms with van der Waals surface area (Å²) in [5.41, 5.74) is 0. The topological polar surface area (TPSA) is 80.4 Å². The number of hydrogen-bond acceptors (Lipinski definition) is 3.